The molecule has 2 heterocycles. The molecular formula is C55H31N3S. The van der Waals surface area contributed by atoms with Gasteiger partial charge >= 0.3 is 0 Å². The van der Waals surface area contributed by atoms with E-state index in [0.29, 0.717) is 17.5 Å². The number of hydrogen-bond acceptors (Lipinski definition) is 4. The summed E-state index contributed by atoms with van der Waals surface area (Å²) in [5.74, 6) is 1.96. The molecule has 0 N–H and O–H groups in total. The van der Waals surface area contributed by atoms with Crippen LogP contribution in [-0.4, -0.2) is 15.0 Å². The lowest BCUT2D eigenvalue weighted by molar-refractivity contribution is 1.07. The highest BCUT2D eigenvalue weighted by molar-refractivity contribution is 7.25. The van der Waals surface area contributed by atoms with Gasteiger partial charge in [-0.3, -0.25) is 0 Å². The molecule has 13 rings (SSSR count). The molecule has 4 heteroatoms. The fraction of sp³-hybridized carbons (Fsp3) is 0. The second kappa shape index (κ2) is 12.5. The van der Waals surface area contributed by atoms with Gasteiger partial charge < -0.3 is 0 Å². The van der Waals surface area contributed by atoms with Crippen molar-refractivity contribution in [3.8, 4) is 45.3 Å². The van der Waals surface area contributed by atoms with E-state index in [9.17, 15) is 0 Å². The largest absolute Gasteiger partial charge is 0.208 e. The molecule has 0 saturated heterocycles. The summed E-state index contributed by atoms with van der Waals surface area (Å²) in [6.45, 7) is 0. The summed E-state index contributed by atoms with van der Waals surface area (Å²) < 4.78 is 2.50. The van der Waals surface area contributed by atoms with Crippen molar-refractivity contribution in [3.05, 3.63) is 188 Å². The summed E-state index contributed by atoms with van der Waals surface area (Å²) in [5, 5.41) is 17.8. The second-order valence-corrected chi connectivity index (χ2v) is 16.6. The Balaban J connectivity index is 1.04. The quantitative estimate of drug-likeness (QED) is 0.168. The molecule has 2 aromatic heterocycles. The predicted molar refractivity (Wildman–Crippen MR) is 251 cm³/mol. The van der Waals surface area contributed by atoms with Crippen LogP contribution in [0, 0.1) is 0 Å². The first-order valence-electron chi connectivity index (χ1n) is 20.0. The fourth-order valence-corrected chi connectivity index (χ4v) is 10.6. The van der Waals surface area contributed by atoms with Crippen LogP contribution < -0.4 is 0 Å². The summed E-state index contributed by atoms with van der Waals surface area (Å²) >= 11 is 1.80. The summed E-state index contributed by atoms with van der Waals surface area (Å²) in [5.41, 5.74) is 5.12. The van der Waals surface area contributed by atoms with Gasteiger partial charge in [0.1, 0.15) is 0 Å². The number of fused-ring (bicyclic) bond motifs is 5. The third kappa shape index (κ3) is 4.97. The van der Waals surface area contributed by atoms with Crippen LogP contribution in [0.2, 0.25) is 0 Å². The molecule has 0 radical (unpaired) electrons. The predicted octanol–water partition coefficient (Wildman–Crippen LogP) is 15.3. The van der Waals surface area contributed by atoms with Crippen LogP contribution in [-0.2, 0) is 0 Å². The first kappa shape index (κ1) is 32.5. The standard InChI is InChI=1S/C55H31N3S/c1-2-10-35(11-3-1)53-56-54(58-55(57-53)39-26-27-42-41-17-4-5-21-47(41)59-48(42)31-39)38-16-6-15-36(28-38)40-29-37-25-24-34-13-8-19-44-43-18-7-12-32-22-23-33-14-9-20-45(51(33)49(32)43)46(30-40)52(37)50(34)44/h1-31H. The lowest BCUT2D eigenvalue weighted by atomic mass is 9.86. The molecule has 59 heavy (non-hydrogen) atoms. The molecule has 0 aliphatic heterocycles. The monoisotopic (exact) mass is 765 g/mol. The van der Waals surface area contributed by atoms with Gasteiger partial charge in [-0.05, 0) is 106 Å². The number of hydrogen-bond donors (Lipinski definition) is 0. The van der Waals surface area contributed by atoms with Crippen molar-refractivity contribution in [1.29, 1.82) is 0 Å². The zero-order valence-corrected chi connectivity index (χ0v) is 32.5. The van der Waals surface area contributed by atoms with Crippen LogP contribution in [0.25, 0.3) is 130 Å². The van der Waals surface area contributed by atoms with Crippen molar-refractivity contribution in [2.24, 2.45) is 0 Å². The van der Waals surface area contributed by atoms with Gasteiger partial charge in [0, 0.05) is 36.9 Å². The fourth-order valence-electron chi connectivity index (χ4n) is 9.50. The average Bonchev–Trinajstić information content (AvgIpc) is 3.68. The molecule has 3 nitrogen and oxygen atoms in total. The van der Waals surface area contributed by atoms with Crippen LogP contribution in [0.15, 0.2) is 188 Å². The van der Waals surface area contributed by atoms with E-state index >= 15 is 0 Å². The van der Waals surface area contributed by atoms with Crippen LogP contribution in [0.4, 0.5) is 0 Å². The van der Waals surface area contributed by atoms with E-state index in [0.717, 1.165) is 27.8 Å². The number of thiophene rings is 1. The highest BCUT2D eigenvalue weighted by Crippen LogP contribution is 2.45. The normalized spacial score (nSPS) is 12.1. The van der Waals surface area contributed by atoms with Gasteiger partial charge in [0.2, 0.25) is 0 Å². The number of rotatable bonds is 4. The highest BCUT2D eigenvalue weighted by Gasteiger charge is 2.18. The van der Waals surface area contributed by atoms with E-state index in [1.54, 1.807) is 11.3 Å². The molecule has 0 fully saturated rings. The molecule has 0 aliphatic carbocycles. The first-order valence-corrected chi connectivity index (χ1v) is 20.8. The molecule has 0 amide bonds. The Morgan fingerprint density at radius 3 is 1.44 bits per heavy atom. The summed E-state index contributed by atoms with van der Waals surface area (Å²) in [6, 6.07) is 68.3. The van der Waals surface area contributed by atoms with E-state index in [2.05, 4.69) is 170 Å². The molecule has 0 unspecified atom stereocenters. The lowest BCUT2D eigenvalue weighted by Gasteiger charge is -2.17. The molecule has 0 aliphatic rings. The molecule has 0 atom stereocenters. The number of nitrogens with zero attached hydrogens (tertiary/aromatic N) is 3. The maximum atomic E-state index is 5.19. The van der Waals surface area contributed by atoms with Crippen molar-refractivity contribution in [2.75, 3.05) is 0 Å². The average molecular weight is 766 g/mol. The number of benzene rings is 10. The Bertz CT molecular complexity index is 3840. The van der Waals surface area contributed by atoms with E-state index in [-0.39, 0.29) is 0 Å². The second-order valence-electron chi connectivity index (χ2n) is 15.5. The van der Waals surface area contributed by atoms with Gasteiger partial charge in [-0.1, -0.05) is 158 Å². The molecule has 0 saturated carbocycles. The topological polar surface area (TPSA) is 38.7 Å². The smallest absolute Gasteiger partial charge is 0.164 e. The van der Waals surface area contributed by atoms with Crippen molar-refractivity contribution in [3.63, 3.8) is 0 Å². The number of aromatic nitrogens is 3. The Morgan fingerprint density at radius 1 is 0.254 bits per heavy atom. The van der Waals surface area contributed by atoms with Gasteiger partial charge in [-0.25, -0.2) is 15.0 Å². The van der Waals surface area contributed by atoms with Crippen LogP contribution >= 0.6 is 11.3 Å². The zero-order valence-electron chi connectivity index (χ0n) is 31.6. The van der Waals surface area contributed by atoms with Crippen molar-refractivity contribution in [1.82, 2.24) is 15.0 Å². The third-order valence-electron chi connectivity index (χ3n) is 12.2. The Hall–Kier alpha value is -7.53. The summed E-state index contributed by atoms with van der Waals surface area (Å²) in [4.78, 5) is 15.4. The molecule has 13 aromatic rings. The Kier molecular flexibility index (Phi) is 6.89. The lowest BCUT2D eigenvalue weighted by Crippen LogP contribution is -2.00. The highest BCUT2D eigenvalue weighted by atomic mass is 32.1. The summed E-state index contributed by atoms with van der Waals surface area (Å²) in [6.07, 6.45) is 0. The molecule has 0 spiro atoms. The third-order valence-corrected chi connectivity index (χ3v) is 13.3. The van der Waals surface area contributed by atoms with Crippen LogP contribution in [0.5, 0.6) is 0 Å². The van der Waals surface area contributed by atoms with Gasteiger partial charge in [0.05, 0.1) is 0 Å². The van der Waals surface area contributed by atoms with Crippen LogP contribution in [0.1, 0.15) is 0 Å². The molecular weight excluding hydrogens is 735 g/mol. The minimum atomic E-state index is 0.645. The van der Waals surface area contributed by atoms with Gasteiger partial charge in [0.15, 0.2) is 17.5 Å². The minimum absolute atomic E-state index is 0.645. The van der Waals surface area contributed by atoms with E-state index in [1.807, 2.05) is 18.2 Å². The van der Waals surface area contributed by atoms with Crippen molar-refractivity contribution in [2.45, 2.75) is 0 Å². The minimum Gasteiger partial charge on any atom is -0.208 e. The Labute approximate surface area is 342 Å². The summed E-state index contributed by atoms with van der Waals surface area (Å²) in [7, 11) is 0. The van der Waals surface area contributed by atoms with Crippen molar-refractivity contribution >= 4 is 96.1 Å². The molecule has 272 valence electrons. The molecule has 11 aromatic carbocycles. The van der Waals surface area contributed by atoms with E-state index < -0.39 is 0 Å². The van der Waals surface area contributed by atoms with Crippen LogP contribution in [0.3, 0.4) is 0 Å². The Morgan fingerprint density at radius 2 is 0.746 bits per heavy atom. The maximum Gasteiger partial charge on any atom is 0.164 e. The van der Waals surface area contributed by atoms with E-state index in [4.69, 9.17) is 15.0 Å². The van der Waals surface area contributed by atoms with Gasteiger partial charge in [0.25, 0.3) is 0 Å². The SMILES string of the molecule is c1ccc(-c2nc(-c3cccc(-c4cc5ccc6cccc7c8cccc9ccc%10cccc(c(c4)c5c67)c%10c98)c3)nc(-c3ccc4c(c3)sc3ccccc34)n2)cc1. The first-order chi connectivity index (χ1) is 29.2. The van der Waals surface area contributed by atoms with Gasteiger partial charge in [-0.2, -0.15) is 0 Å². The zero-order chi connectivity index (χ0) is 38.6. The van der Waals surface area contributed by atoms with E-state index in [1.165, 1.54) is 84.8 Å². The van der Waals surface area contributed by atoms with Gasteiger partial charge in [-0.15, -0.1) is 11.3 Å². The van der Waals surface area contributed by atoms with Crippen molar-refractivity contribution < 1.29 is 0 Å². The maximum absolute atomic E-state index is 5.19. The molecule has 0 bridgehead atoms.